The Hall–Kier alpha value is -2.27. The molecule has 1 heterocycles. The van der Waals surface area contributed by atoms with Crippen LogP contribution < -0.4 is 4.74 Å². The van der Waals surface area contributed by atoms with Crippen molar-refractivity contribution in [1.82, 2.24) is 4.90 Å². The van der Waals surface area contributed by atoms with Crippen LogP contribution in [0.15, 0.2) is 58.3 Å². The first-order valence-electron chi connectivity index (χ1n) is 8.93. The van der Waals surface area contributed by atoms with Crippen molar-refractivity contribution in [3.8, 4) is 11.8 Å². The van der Waals surface area contributed by atoms with Gasteiger partial charge in [-0.1, -0.05) is 24.3 Å². The van der Waals surface area contributed by atoms with E-state index < -0.39 is 9.84 Å². The van der Waals surface area contributed by atoms with Gasteiger partial charge in [-0.25, -0.2) is 8.42 Å². The average molecular weight is 415 g/mol. The molecule has 0 amide bonds. The van der Waals surface area contributed by atoms with Gasteiger partial charge in [0, 0.05) is 36.7 Å². The maximum atomic E-state index is 12.8. The van der Waals surface area contributed by atoms with Crippen molar-refractivity contribution in [3.63, 3.8) is 0 Å². The van der Waals surface area contributed by atoms with Crippen LogP contribution in [0.5, 0.6) is 5.75 Å². The fourth-order valence-electron chi connectivity index (χ4n) is 3.06. The van der Waals surface area contributed by atoms with Crippen molar-refractivity contribution in [3.05, 3.63) is 64.6 Å². The van der Waals surface area contributed by atoms with Gasteiger partial charge in [-0.05, 0) is 35.9 Å². The van der Waals surface area contributed by atoms with Crippen LogP contribution in [0.25, 0.3) is 6.08 Å². The summed E-state index contributed by atoms with van der Waals surface area (Å²) in [6.07, 6.45) is 1.43. The molecular formula is C21H22N2O3S2. The van der Waals surface area contributed by atoms with E-state index >= 15 is 0 Å². The van der Waals surface area contributed by atoms with E-state index in [1.807, 2.05) is 30.0 Å². The number of nitriles is 1. The molecule has 0 saturated carbocycles. The number of sulfone groups is 1. The van der Waals surface area contributed by atoms with Crippen LogP contribution in [0.4, 0.5) is 0 Å². The molecule has 0 aliphatic carbocycles. The molecule has 0 radical (unpaired) electrons. The highest BCUT2D eigenvalue weighted by Gasteiger charge is 2.21. The highest BCUT2D eigenvalue weighted by Crippen LogP contribution is 2.26. The van der Waals surface area contributed by atoms with Gasteiger partial charge in [0.1, 0.15) is 16.7 Å². The Morgan fingerprint density at radius 3 is 2.57 bits per heavy atom. The Balaban J connectivity index is 1.93. The van der Waals surface area contributed by atoms with Crippen LogP contribution in [0, 0.1) is 11.3 Å². The molecule has 0 aromatic heterocycles. The van der Waals surface area contributed by atoms with Gasteiger partial charge >= 0.3 is 0 Å². The van der Waals surface area contributed by atoms with E-state index in [2.05, 4.69) is 4.90 Å². The topological polar surface area (TPSA) is 70.4 Å². The third kappa shape index (κ3) is 4.76. The minimum absolute atomic E-state index is 0.113. The molecule has 1 aliphatic heterocycles. The molecule has 2 aromatic rings. The molecule has 0 N–H and O–H groups in total. The number of hydrogen-bond acceptors (Lipinski definition) is 6. The summed E-state index contributed by atoms with van der Waals surface area (Å²) in [6, 6.07) is 15.4. The Morgan fingerprint density at radius 2 is 1.93 bits per heavy atom. The second-order valence-corrected chi connectivity index (χ2v) is 9.54. The lowest BCUT2D eigenvalue weighted by molar-refractivity contribution is 0.288. The van der Waals surface area contributed by atoms with E-state index in [1.165, 1.54) is 18.2 Å². The number of rotatable bonds is 6. The highest BCUT2D eigenvalue weighted by molar-refractivity contribution is 7.99. The lowest BCUT2D eigenvalue weighted by atomic mass is 10.1. The van der Waals surface area contributed by atoms with Crippen molar-refractivity contribution >= 4 is 27.7 Å². The zero-order valence-electron chi connectivity index (χ0n) is 15.7. The smallest absolute Gasteiger partial charge is 0.216 e. The predicted molar refractivity (Wildman–Crippen MR) is 113 cm³/mol. The Bertz CT molecular complexity index is 990. The third-order valence-electron chi connectivity index (χ3n) is 4.55. The average Bonchev–Trinajstić information content (AvgIpc) is 2.73. The normalized spacial score (nSPS) is 15.8. The molecule has 0 atom stereocenters. The molecule has 1 saturated heterocycles. The van der Waals surface area contributed by atoms with Gasteiger partial charge in [-0.3, -0.25) is 4.90 Å². The Labute approximate surface area is 170 Å². The first kappa shape index (κ1) is 20.5. The lowest BCUT2D eigenvalue weighted by Gasteiger charge is -2.26. The van der Waals surface area contributed by atoms with E-state index in [4.69, 9.17) is 4.74 Å². The van der Waals surface area contributed by atoms with Crippen molar-refractivity contribution < 1.29 is 13.2 Å². The van der Waals surface area contributed by atoms with E-state index in [9.17, 15) is 13.7 Å². The zero-order valence-corrected chi connectivity index (χ0v) is 17.3. The van der Waals surface area contributed by atoms with Gasteiger partial charge in [0.05, 0.1) is 12.0 Å². The summed E-state index contributed by atoms with van der Waals surface area (Å²) in [6.45, 7) is 2.76. The molecule has 0 unspecified atom stereocenters. The summed E-state index contributed by atoms with van der Waals surface area (Å²) >= 11 is 1.95. The molecule has 1 fully saturated rings. The number of nitrogens with zero attached hydrogens (tertiary/aromatic N) is 2. The molecule has 7 heteroatoms. The van der Waals surface area contributed by atoms with Crippen LogP contribution in [0.3, 0.4) is 0 Å². The molecular weight excluding hydrogens is 392 g/mol. The summed E-state index contributed by atoms with van der Waals surface area (Å²) in [4.78, 5) is 2.19. The first-order chi connectivity index (χ1) is 13.5. The molecule has 0 bridgehead atoms. The van der Waals surface area contributed by atoms with Crippen LogP contribution in [-0.4, -0.2) is 45.0 Å². The van der Waals surface area contributed by atoms with Gasteiger partial charge < -0.3 is 4.74 Å². The minimum atomic E-state index is -3.85. The van der Waals surface area contributed by atoms with Gasteiger partial charge in [-0.15, -0.1) is 0 Å². The van der Waals surface area contributed by atoms with Crippen molar-refractivity contribution in [2.75, 3.05) is 31.7 Å². The monoisotopic (exact) mass is 414 g/mol. The van der Waals surface area contributed by atoms with Crippen LogP contribution in [0.1, 0.15) is 11.1 Å². The SMILES string of the molecule is COc1ccc(/C=C(/C#N)S(=O)(=O)c2ccccc2)cc1CN1CCSCC1. The molecule has 5 nitrogen and oxygen atoms in total. The number of allylic oxidation sites excluding steroid dienone is 1. The lowest BCUT2D eigenvalue weighted by Crippen LogP contribution is -2.32. The summed E-state index contributed by atoms with van der Waals surface area (Å²) in [5.41, 5.74) is 1.65. The quantitative estimate of drug-likeness (QED) is 0.673. The molecule has 1 aliphatic rings. The van der Waals surface area contributed by atoms with E-state index in [0.717, 1.165) is 42.5 Å². The molecule has 146 valence electrons. The van der Waals surface area contributed by atoms with Gasteiger partial charge in [0.2, 0.25) is 9.84 Å². The van der Waals surface area contributed by atoms with Crippen molar-refractivity contribution in [2.24, 2.45) is 0 Å². The Morgan fingerprint density at radius 1 is 1.21 bits per heavy atom. The third-order valence-corrected chi connectivity index (χ3v) is 7.18. The predicted octanol–water partition coefficient (Wildman–Crippen LogP) is 3.58. The number of benzene rings is 2. The standard InChI is InChI=1S/C21H22N2O3S2/c1-26-21-8-7-17(13-18(21)16-23-9-11-27-12-10-23)14-20(15-22)28(24,25)19-5-3-2-4-6-19/h2-8,13-14H,9-12,16H2,1H3/b20-14-. The van der Waals surface area contributed by atoms with Gasteiger partial charge in [0.25, 0.3) is 0 Å². The number of methoxy groups -OCH3 is 1. The summed E-state index contributed by atoms with van der Waals surface area (Å²) in [5, 5.41) is 9.48. The highest BCUT2D eigenvalue weighted by atomic mass is 32.2. The summed E-state index contributed by atoms with van der Waals surface area (Å²) in [5.74, 6) is 2.98. The fraction of sp³-hybridized carbons (Fsp3) is 0.286. The molecule has 0 spiro atoms. The largest absolute Gasteiger partial charge is 0.496 e. The van der Waals surface area contributed by atoms with E-state index in [0.29, 0.717) is 5.56 Å². The Kier molecular flexibility index (Phi) is 6.79. The van der Waals surface area contributed by atoms with Crippen LogP contribution >= 0.6 is 11.8 Å². The van der Waals surface area contributed by atoms with Crippen LogP contribution in [-0.2, 0) is 16.4 Å². The molecule has 2 aromatic carbocycles. The van der Waals surface area contributed by atoms with Gasteiger partial charge in [-0.2, -0.15) is 17.0 Å². The van der Waals surface area contributed by atoms with Gasteiger partial charge in [0.15, 0.2) is 0 Å². The summed E-state index contributed by atoms with van der Waals surface area (Å²) < 4.78 is 31.0. The van der Waals surface area contributed by atoms with E-state index in [1.54, 1.807) is 31.4 Å². The minimum Gasteiger partial charge on any atom is -0.496 e. The maximum Gasteiger partial charge on any atom is 0.216 e. The first-order valence-corrected chi connectivity index (χ1v) is 11.6. The second kappa shape index (κ2) is 9.28. The zero-order chi connectivity index (χ0) is 20.0. The second-order valence-electron chi connectivity index (χ2n) is 6.40. The molecule has 28 heavy (non-hydrogen) atoms. The fourth-order valence-corrected chi connectivity index (χ4v) is 5.22. The number of hydrogen-bond donors (Lipinski definition) is 0. The number of thioether (sulfide) groups is 1. The molecule has 3 rings (SSSR count). The maximum absolute atomic E-state index is 12.8. The van der Waals surface area contributed by atoms with Crippen LogP contribution in [0.2, 0.25) is 0 Å². The van der Waals surface area contributed by atoms with Crippen molar-refractivity contribution in [2.45, 2.75) is 11.4 Å². The number of ether oxygens (including phenoxy) is 1. The summed E-state index contributed by atoms with van der Waals surface area (Å²) in [7, 11) is -2.22. The van der Waals surface area contributed by atoms with E-state index in [-0.39, 0.29) is 9.80 Å². The van der Waals surface area contributed by atoms with Crippen molar-refractivity contribution in [1.29, 1.82) is 5.26 Å².